The number of halogens is 2. The van der Waals surface area contributed by atoms with E-state index >= 15 is 0 Å². The average Bonchev–Trinajstić information content (AvgIpc) is 2.76. The number of rotatable bonds is 10. The lowest BCUT2D eigenvalue weighted by Gasteiger charge is -2.34. The summed E-state index contributed by atoms with van der Waals surface area (Å²) in [5.41, 5.74) is 0.564. The van der Waals surface area contributed by atoms with E-state index in [-0.39, 0.29) is 18.2 Å². The molecule has 1 heterocycles. The normalized spacial score (nSPS) is 15.2. The lowest BCUT2D eigenvalue weighted by atomic mass is 9.93. The first-order chi connectivity index (χ1) is 15.0. The molecule has 1 aliphatic heterocycles. The Hall–Kier alpha value is -2.58. The second-order valence-corrected chi connectivity index (χ2v) is 7.47. The van der Waals surface area contributed by atoms with E-state index in [1.165, 1.54) is 6.07 Å². The van der Waals surface area contributed by atoms with Crippen LogP contribution in [0.25, 0.3) is 0 Å². The molecule has 1 saturated heterocycles. The molecular weight excluding hydrogens is 406 g/mol. The molecule has 7 nitrogen and oxygen atoms in total. The zero-order valence-corrected chi connectivity index (χ0v) is 18.6. The molecule has 0 atom stereocenters. The number of hydrogen-bond donors (Lipinski definition) is 2. The molecule has 31 heavy (non-hydrogen) atoms. The molecule has 1 aliphatic rings. The summed E-state index contributed by atoms with van der Waals surface area (Å²) in [6.07, 6.45) is 3.17. The number of benzene rings is 1. The van der Waals surface area contributed by atoms with Crippen molar-refractivity contribution in [2.75, 3.05) is 33.3 Å². The molecule has 0 aromatic heterocycles. The fourth-order valence-electron chi connectivity index (χ4n) is 3.48. The summed E-state index contributed by atoms with van der Waals surface area (Å²) in [5, 5.41) is 5.95. The van der Waals surface area contributed by atoms with Gasteiger partial charge in [0, 0.05) is 44.7 Å². The number of carbonyl (C=O) groups excluding carboxylic acids is 1. The van der Waals surface area contributed by atoms with Crippen LogP contribution in [0.1, 0.15) is 45.1 Å². The summed E-state index contributed by atoms with van der Waals surface area (Å²) >= 11 is 0. The van der Waals surface area contributed by atoms with Crippen LogP contribution in [0.15, 0.2) is 23.2 Å². The molecule has 9 heteroatoms. The predicted octanol–water partition coefficient (Wildman–Crippen LogP) is 3.39. The van der Waals surface area contributed by atoms with E-state index in [9.17, 15) is 13.6 Å². The van der Waals surface area contributed by atoms with Crippen molar-refractivity contribution in [3.8, 4) is 11.5 Å². The number of nitrogens with one attached hydrogen (secondary N) is 2. The molecule has 1 amide bonds. The first-order valence-electron chi connectivity index (χ1n) is 10.9. The largest absolute Gasteiger partial charge is 0.493 e. The van der Waals surface area contributed by atoms with Gasteiger partial charge in [0.25, 0.3) is 0 Å². The molecular formula is C22H34F2N4O3. The van der Waals surface area contributed by atoms with Gasteiger partial charge in [0.2, 0.25) is 5.91 Å². The number of hydrogen-bond acceptors (Lipinski definition) is 4. The van der Waals surface area contributed by atoms with Gasteiger partial charge in [0.1, 0.15) is 11.5 Å². The summed E-state index contributed by atoms with van der Waals surface area (Å²) in [6, 6.07) is 4.95. The Balaban J connectivity index is 2.08. The Morgan fingerprint density at radius 1 is 1.29 bits per heavy atom. The lowest BCUT2D eigenvalue weighted by molar-refractivity contribution is -0.121. The second-order valence-electron chi connectivity index (χ2n) is 7.47. The Bertz CT molecular complexity index is 723. The number of alkyl halides is 2. The standard InChI is InChI=1S/C22H34F2N4O3/c1-4-12-30-18-7-6-17(19(14-18)31-21(23)24)15-27-22(26-5-2)28-10-8-16(9-11-28)13-20(29)25-3/h6-7,14,16,21H,4-5,8-13,15H2,1-3H3,(H,25,29)(H,26,27). The summed E-state index contributed by atoms with van der Waals surface area (Å²) in [6.45, 7) is 4.03. The highest BCUT2D eigenvalue weighted by atomic mass is 19.3. The highest BCUT2D eigenvalue weighted by Crippen LogP contribution is 2.28. The van der Waals surface area contributed by atoms with E-state index in [1.807, 2.05) is 13.8 Å². The van der Waals surface area contributed by atoms with Crippen LogP contribution in [0.4, 0.5) is 8.78 Å². The summed E-state index contributed by atoms with van der Waals surface area (Å²) in [5.74, 6) is 1.73. The van der Waals surface area contributed by atoms with Gasteiger partial charge in [-0.2, -0.15) is 8.78 Å². The van der Waals surface area contributed by atoms with Crippen LogP contribution in [-0.4, -0.2) is 56.7 Å². The Kier molecular flexibility index (Phi) is 10.3. The van der Waals surface area contributed by atoms with Gasteiger partial charge >= 0.3 is 6.61 Å². The zero-order chi connectivity index (χ0) is 22.6. The summed E-state index contributed by atoms with van der Waals surface area (Å²) in [4.78, 5) is 18.4. The van der Waals surface area contributed by atoms with Crippen LogP contribution >= 0.6 is 0 Å². The van der Waals surface area contributed by atoms with Crippen molar-refractivity contribution in [2.24, 2.45) is 10.9 Å². The maximum atomic E-state index is 12.9. The highest BCUT2D eigenvalue weighted by Gasteiger charge is 2.23. The second kappa shape index (κ2) is 13.0. The first-order valence-corrected chi connectivity index (χ1v) is 10.9. The minimum absolute atomic E-state index is 0.0666. The molecule has 1 aromatic carbocycles. The van der Waals surface area contributed by atoms with E-state index < -0.39 is 6.61 Å². The quantitative estimate of drug-likeness (QED) is 0.431. The number of piperidine rings is 1. The monoisotopic (exact) mass is 440 g/mol. The van der Waals surface area contributed by atoms with Crippen LogP contribution in [0.5, 0.6) is 11.5 Å². The van der Waals surface area contributed by atoms with Gasteiger partial charge in [-0.3, -0.25) is 4.79 Å². The predicted molar refractivity (Wildman–Crippen MR) is 117 cm³/mol. The van der Waals surface area contributed by atoms with Crippen LogP contribution in [-0.2, 0) is 11.3 Å². The average molecular weight is 441 g/mol. The van der Waals surface area contributed by atoms with Crippen molar-refractivity contribution < 1.29 is 23.0 Å². The summed E-state index contributed by atoms with van der Waals surface area (Å²) in [7, 11) is 1.65. The third-order valence-electron chi connectivity index (χ3n) is 5.13. The third-order valence-corrected chi connectivity index (χ3v) is 5.13. The number of ether oxygens (including phenoxy) is 2. The van der Waals surface area contributed by atoms with Crippen LogP contribution in [0, 0.1) is 5.92 Å². The fourth-order valence-corrected chi connectivity index (χ4v) is 3.48. The zero-order valence-electron chi connectivity index (χ0n) is 18.6. The van der Waals surface area contributed by atoms with Crippen molar-refractivity contribution >= 4 is 11.9 Å². The van der Waals surface area contributed by atoms with Gasteiger partial charge < -0.3 is 25.0 Å². The molecule has 0 bridgehead atoms. The number of carbonyl (C=O) groups is 1. The van der Waals surface area contributed by atoms with Crippen molar-refractivity contribution in [1.82, 2.24) is 15.5 Å². The van der Waals surface area contributed by atoms with Crippen molar-refractivity contribution in [1.29, 1.82) is 0 Å². The maximum absolute atomic E-state index is 12.9. The van der Waals surface area contributed by atoms with Gasteiger partial charge in [0.15, 0.2) is 5.96 Å². The Labute approximate surface area is 183 Å². The van der Waals surface area contributed by atoms with E-state index in [0.717, 1.165) is 38.3 Å². The highest BCUT2D eigenvalue weighted by molar-refractivity contribution is 5.80. The van der Waals surface area contributed by atoms with Gasteiger partial charge in [-0.25, -0.2) is 4.99 Å². The fraction of sp³-hybridized carbons (Fsp3) is 0.636. The number of likely N-dealkylation sites (tertiary alicyclic amines) is 1. The topological polar surface area (TPSA) is 75.2 Å². The molecule has 0 radical (unpaired) electrons. The number of amides is 1. The Morgan fingerprint density at radius 2 is 2.03 bits per heavy atom. The molecule has 0 aliphatic carbocycles. The maximum Gasteiger partial charge on any atom is 0.387 e. The van der Waals surface area contributed by atoms with E-state index in [2.05, 4.69) is 20.5 Å². The summed E-state index contributed by atoms with van der Waals surface area (Å²) < 4.78 is 36.0. The van der Waals surface area contributed by atoms with Crippen molar-refractivity contribution in [3.05, 3.63) is 23.8 Å². The van der Waals surface area contributed by atoms with E-state index in [0.29, 0.717) is 36.8 Å². The molecule has 0 spiro atoms. The first kappa shape index (κ1) is 24.7. The SMILES string of the molecule is CCCOc1ccc(CN=C(NCC)N2CCC(CC(=O)NC)CC2)c(OC(F)F)c1. The molecule has 2 rings (SSSR count). The Morgan fingerprint density at radius 3 is 2.65 bits per heavy atom. The van der Waals surface area contributed by atoms with E-state index in [4.69, 9.17) is 9.47 Å². The van der Waals surface area contributed by atoms with Crippen LogP contribution in [0.2, 0.25) is 0 Å². The minimum Gasteiger partial charge on any atom is -0.493 e. The number of nitrogens with zero attached hydrogens (tertiary/aromatic N) is 2. The molecule has 0 saturated carbocycles. The number of aliphatic imine (C=N–C) groups is 1. The molecule has 1 fully saturated rings. The molecule has 1 aromatic rings. The molecule has 2 N–H and O–H groups in total. The van der Waals surface area contributed by atoms with Gasteiger partial charge in [-0.1, -0.05) is 6.92 Å². The number of guanidine groups is 1. The van der Waals surface area contributed by atoms with Gasteiger partial charge in [0.05, 0.1) is 13.2 Å². The molecule has 174 valence electrons. The third kappa shape index (κ3) is 8.22. The minimum atomic E-state index is -2.92. The van der Waals surface area contributed by atoms with E-state index in [1.54, 1.807) is 19.2 Å². The van der Waals surface area contributed by atoms with Crippen molar-refractivity contribution in [2.45, 2.75) is 52.7 Å². The van der Waals surface area contributed by atoms with Crippen LogP contribution < -0.4 is 20.1 Å². The van der Waals surface area contributed by atoms with Gasteiger partial charge in [-0.05, 0) is 44.2 Å². The lowest BCUT2D eigenvalue weighted by Crippen LogP contribution is -2.46. The van der Waals surface area contributed by atoms with Gasteiger partial charge in [-0.15, -0.1) is 0 Å². The van der Waals surface area contributed by atoms with Crippen molar-refractivity contribution in [3.63, 3.8) is 0 Å². The smallest absolute Gasteiger partial charge is 0.387 e. The van der Waals surface area contributed by atoms with Crippen LogP contribution in [0.3, 0.4) is 0 Å². The molecule has 0 unspecified atom stereocenters.